The third kappa shape index (κ3) is 6.43. The lowest BCUT2D eigenvalue weighted by atomic mass is 9.87. The number of carbonyl (C=O) groups is 1. The number of carbonyl (C=O) groups excluding carboxylic acids is 1. The molecule has 4 aromatic rings. The van der Waals surface area contributed by atoms with Crippen molar-refractivity contribution in [2.24, 2.45) is 5.10 Å². The van der Waals surface area contributed by atoms with Gasteiger partial charge in [-0.15, -0.1) is 10.2 Å². The summed E-state index contributed by atoms with van der Waals surface area (Å²) in [5.74, 6) is 0.591. The molecule has 0 aliphatic rings. The zero-order chi connectivity index (χ0) is 24.8. The maximum absolute atomic E-state index is 12.4. The zero-order valence-corrected chi connectivity index (χ0v) is 22.0. The van der Waals surface area contributed by atoms with Crippen LogP contribution in [-0.2, 0) is 10.2 Å². The second kappa shape index (κ2) is 11.0. The molecule has 2 heterocycles. The molecule has 0 bridgehead atoms. The van der Waals surface area contributed by atoms with E-state index < -0.39 is 0 Å². The predicted molar refractivity (Wildman–Crippen MR) is 144 cm³/mol. The molecular weight excluding hydrogens is 524 g/mol. The molecule has 0 spiro atoms. The van der Waals surface area contributed by atoms with E-state index in [0.29, 0.717) is 11.0 Å². The Morgan fingerprint density at radius 1 is 1.03 bits per heavy atom. The Labute approximate surface area is 217 Å². The van der Waals surface area contributed by atoms with E-state index in [9.17, 15) is 4.79 Å². The van der Waals surface area contributed by atoms with E-state index in [1.165, 1.54) is 17.3 Å². The molecule has 0 saturated carbocycles. The number of nitrogens with one attached hydrogen (secondary N) is 1. The van der Waals surface area contributed by atoms with Crippen LogP contribution in [0.15, 0.2) is 87.8 Å². The van der Waals surface area contributed by atoms with E-state index in [-0.39, 0.29) is 17.1 Å². The number of rotatable bonds is 7. The molecule has 4 rings (SSSR count). The molecule has 2 aromatic carbocycles. The fourth-order valence-corrected chi connectivity index (χ4v) is 4.29. The highest BCUT2D eigenvalue weighted by Crippen LogP contribution is 2.28. The molecule has 0 aliphatic carbocycles. The van der Waals surface area contributed by atoms with Crippen molar-refractivity contribution in [3.63, 3.8) is 0 Å². The number of halogens is 1. The number of hydrogen-bond acceptors (Lipinski definition) is 6. The van der Waals surface area contributed by atoms with Crippen molar-refractivity contribution in [3.8, 4) is 17.1 Å². The molecule has 178 valence electrons. The van der Waals surface area contributed by atoms with Gasteiger partial charge in [0, 0.05) is 28.1 Å². The minimum atomic E-state index is -0.228. The molecule has 1 amide bonds. The van der Waals surface area contributed by atoms with Crippen molar-refractivity contribution < 1.29 is 4.79 Å². The Kier molecular flexibility index (Phi) is 7.77. The first kappa shape index (κ1) is 24.8. The normalized spacial score (nSPS) is 11.7. The van der Waals surface area contributed by atoms with Gasteiger partial charge >= 0.3 is 0 Å². The summed E-state index contributed by atoms with van der Waals surface area (Å²) >= 11 is 4.77. The summed E-state index contributed by atoms with van der Waals surface area (Å²) in [5.41, 5.74) is 6.62. The molecular formula is C26H25BrN6OS. The topological polar surface area (TPSA) is 85.1 Å². The first-order valence-electron chi connectivity index (χ1n) is 11.0. The highest BCUT2D eigenvalue weighted by molar-refractivity contribution is 9.10. The second-order valence-corrected chi connectivity index (χ2v) is 10.7. The fourth-order valence-electron chi connectivity index (χ4n) is 3.28. The highest BCUT2D eigenvalue weighted by atomic mass is 79.9. The average molecular weight is 549 g/mol. The highest BCUT2D eigenvalue weighted by Gasteiger charge is 2.17. The van der Waals surface area contributed by atoms with Gasteiger partial charge < -0.3 is 0 Å². The maximum Gasteiger partial charge on any atom is 0.250 e. The number of hydrazone groups is 1. The van der Waals surface area contributed by atoms with Gasteiger partial charge in [-0.1, -0.05) is 72.7 Å². The summed E-state index contributed by atoms with van der Waals surface area (Å²) in [6, 6.07) is 19.7. The van der Waals surface area contributed by atoms with Gasteiger partial charge in [-0.2, -0.15) is 5.10 Å². The summed E-state index contributed by atoms with van der Waals surface area (Å²) < 4.78 is 2.90. The zero-order valence-electron chi connectivity index (χ0n) is 19.6. The van der Waals surface area contributed by atoms with E-state index in [1.54, 1.807) is 18.6 Å². The first-order valence-corrected chi connectivity index (χ1v) is 12.8. The molecule has 0 saturated heterocycles. The Morgan fingerprint density at radius 2 is 1.71 bits per heavy atom. The lowest BCUT2D eigenvalue weighted by Crippen LogP contribution is -2.20. The molecule has 2 aromatic heterocycles. The first-order chi connectivity index (χ1) is 16.8. The smallest absolute Gasteiger partial charge is 0.250 e. The van der Waals surface area contributed by atoms with Crippen LogP contribution in [-0.4, -0.2) is 37.6 Å². The molecule has 0 radical (unpaired) electrons. The van der Waals surface area contributed by atoms with Crippen LogP contribution in [0, 0.1) is 0 Å². The lowest BCUT2D eigenvalue weighted by molar-refractivity contribution is -0.118. The van der Waals surface area contributed by atoms with Crippen LogP contribution in [0.1, 0.15) is 31.9 Å². The van der Waals surface area contributed by atoms with Gasteiger partial charge in [-0.3, -0.25) is 14.3 Å². The standard InChI is InChI=1S/C26H25BrN6OS/c1-26(2,3)20-6-4-18(5-7-20)16-29-30-23(34)17-35-25-32-31-24(19-12-14-28-15-13-19)33(25)22-10-8-21(27)9-11-22/h4-16H,17H2,1-3H3,(H,30,34). The van der Waals surface area contributed by atoms with E-state index in [4.69, 9.17) is 0 Å². The van der Waals surface area contributed by atoms with Gasteiger partial charge in [0.25, 0.3) is 5.91 Å². The molecule has 0 atom stereocenters. The summed E-state index contributed by atoms with van der Waals surface area (Å²) in [7, 11) is 0. The summed E-state index contributed by atoms with van der Waals surface area (Å²) in [6.45, 7) is 6.52. The molecule has 35 heavy (non-hydrogen) atoms. The number of amides is 1. The van der Waals surface area contributed by atoms with Crippen molar-refractivity contribution >= 4 is 39.8 Å². The SMILES string of the molecule is CC(C)(C)c1ccc(C=NNC(=O)CSc2nnc(-c3ccncc3)n2-c2ccc(Br)cc2)cc1. The molecule has 7 nitrogen and oxygen atoms in total. The second-order valence-electron chi connectivity index (χ2n) is 8.81. The monoisotopic (exact) mass is 548 g/mol. The molecule has 9 heteroatoms. The lowest BCUT2D eigenvalue weighted by Gasteiger charge is -2.18. The Balaban J connectivity index is 1.44. The number of aromatic nitrogens is 4. The summed E-state index contributed by atoms with van der Waals surface area (Å²) in [4.78, 5) is 16.5. The van der Waals surface area contributed by atoms with Crippen LogP contribution in [0.4, 0.5) is 0 Å². The summed E-state index contributed by atoms with van der Waals surface area (Å²) in [5, 5.41) is 13.4. The van der Waals surface area contributed by atoms with E-state index in [2.05, 4.69) is 74.5 Å². The van der Waals surface area contributed by atoms with E-state index in [1.807, 2.05) is 53.1 Å². The number of thioether (sulfide) groups is 1. The van der Waals surface area contributed by atoms with Crippen LogP contribution >= 0.6 is 27.7 Å². The quantitative estimate of drug-likeness (QED) is 0.184. The van der Waals surface area contributed by atoms with Crippen LogP contribution in [0.2, 0.25) is 0 Å². The van der Waals surface area contributed by atoms with Crippen LogP contribution in [0.25, 0.3) is 17.1 Å². The van der Waals surface area contributed by atoms with Crippen LogP contribution in [0.3, 0.4) is 0 Å². The number of nitrogens with zero attached hydrogens (tertiary/aromatic N) is 5. The van der Waals surface area contributed by atoms with E-state index in [0.717, 1.165) is 21.3 Å². The largest absolute Gasteiger partial charge is 0.272 e. The van der Waals surface area contributed by atoms with Crippen molar-refractivity contribution in [2.75, 3.05) is 5.75 Å². The van der Waals surface area contributed by atoms with Crippen molar-refractivity contribution in [2.45, 2.75) is 31.3 Å². The van der Waals surface area contributed by atoms with Crippen LogP contribution in [0.5, 0.6) is 0 Å². The predicted octanol–water partition coefficient (Wildman–Crippen LogP) is 5.63. The minimum Gasteiger partial charge on any atom is -0.272 e. The van der Waals surface area contributed by atoms with Gasteiger partial charge in [-0.05, 0) is 52.9 Å². The average Bonchev–Trinajstić information content (AvgIpc) is 3.27. The fraction of sp³-hybridized carbons (Fsp3) is 0.192. The van der Waals surface area contributed by atoms with Crippen molar-refractivity contribution in [1.29, 1.82) is 0 Å². The van der Waals surface area contributed by atoms with Gasteiger partial charge in [0.05, 0.1) is 12.0 Å². The van der Waals surface area contributed by atoms with Gasteiger partial charge in [0.15, 0.2) is 11.0 Å². The number of benzene rings is 2. The van der Waals surface area contributed by atoms with Crippen LogP contribution < -0.4 is 5.43 Å². The molecule has 0 aliphatic heterocycles. The molecule has 1 N–H and O–H groups in total. The third-order valence-corrected chi connectivity index (χ3v) is 6.63. The van der Waals surface area contributed by atoms with E-state index >= 15 is 0 Å². The Bertz CT molecular complexity index is 1310. The molecule has 0 fully saturated rings. The number of pyridine rings is 1. The Morgan fingerprint density at radius 3 is 2.37 bits per heavy atom. The van der Waals surface area contributed by atoms with Gasteiger partial charge in [-0.25, -0.2) is 5.43 Å². The molecule has 0 unspecified atom stereocenters. The number of hydrogen-bond donors (Lipinski definition) is 1. The maximum atomic E-state index is 12.4. The van der Waals surface area contributed by atoms with Gasteiger partial charge in [0.2, 0.25) is 0 Å². The van der Waals surface area contributed by atoms with Crippen molar-refractivity contribution in [1.82, 2.24) is 25.2 Å². The van der Waals surface area contributed by atoms with Gasteiger partial charge in [0.1, 0.15) is 0 Å². The van der Waals surface area contributed by atoms with Crippen molar-refractivity contribution in [3.05, 3.63) is 88.7 Å². The minimum absolute atomic E-state index is 0.0924. The third-order valence-electron chi connectivity index (χ3n) is 5.17. The Hall–Kier alpha value is -3.30. The summed E-state index contributed by atoms with van der Waals surface area (Å²) in [6.07, 6.45) is 5.07.